The van der Waals surface area contributed by atoms with Gasteiger partial charge in [-0.05, 0) is 55.8 Å². The molecule has 2 aromatic carbocycles. The van der Waals surface area contributed by atoms with Crippen LogP contribution in [0.15, 0.2) is 42.5 Å². The number of hydrogen-bond acceptors (Lipinski definition) is 3. The maximum Gasteiger partial charge on any atom is 0.258 e. The number of nitrogens with zero attached hydrogens (tertiary/aromatic N) is 1. The van der Waals surface area contributed by atoms with Gasteiger partial charge in [0.2, 0.25) is 0 Å². The topological polar surface area (TPSA) is 46.6 Å². The van der Waals surface area contributed by atoms with Crippen LogP contribution in [-0.4, -0.2) is 24.3 Å². The van der Waals surface area contributed by atoms with Gasteiger partial charge in [-0.2, -0.15) is 0 Å². The van der Waals surface area contributed by atoms with Gasteiger partial charge in [0.1, 0.15) is 11.6 Å². The van der Waals surface area contributed by atoms with E-state index in [0.717, 1.165) is 25.0 Å². The van der Waals surface area contributed by atoms with Crippen LogP contribution >= 0.6 is 0 Å². The zero-order valence-corrected chi connectivity index (χ0v) is 15.7. The first-order valence-electron chi connectivity index (χ1n) is 9.40. The van der Waals surface area contributed by atoms with Gasteiger partial charge in [0, 0.05) is 23.6 Å². The summed E-state index contributed by atoms with van der Waals surface area (Å²) < 4.78 is 19.2. The number of Topliss-reactive ketones (excluding diaryl/α,β-unsaturated/α-hetero) is 1. The van der Waals surface area contributed by atoms with E-state index in [1.54, 1.807) is 29.2 Å². The van der Waals surface area contributed by atoms with E-state index in [9.17, 15) is 14.0 Å². The molecule has 0 N–H and O–H groups in total. The third kappa shape index (κ3) is 4.18. The largest absolute Gasteiger partial charge is 0.494 e. The Morgan fingerprint density at radius 3 is 2.63 bits per heavy atom. The molecular formula is C22H24FNO3. The minimum absolute atomic E-state index is 0.142. The van der Waals surface area contributed by atoms with Gasteiger partial charge < -0.3 is 9.64 Å². The summed E-state index contributed by atoms with van der Waals surface area (Å²) in [4.78, 5) is 26.9. The number of rotatable bonds is 6. The van der Waals surface area contributed by atoms with E-state index < -0.39 is 5.82 Å². The van der Waals surface area contributed by atoms with Gasteiger partial charge in [0.25, 0.3) is 5.91 Å². The molecule has 3 rings (SSSR count). The van der Waals surface area contributed by atoms with Crippen molar-refractivity contribution in [2.75, 3.05) is 11.5 Å². The monoisotopic (exact) mass is 369 g/mol. The summed E-state index contributed by atoms with van der Waals surface area (Å²) in [6, 6.07) is 10.7. The van der Waals surface area contributed by atoms with Crippen molar-refractivity contribution in [3.05, 3.63) is 59.4 Å². The molecule has 142 valence electrons. The molecule has 1 amide bonds. The van der Waals surface area contributed by atoms with Gasteiger partial charge >= 0.3 is 0 Å². The molecule has 27 heavy (non-hydrogen) atoms. The number of anilines is 1. The fourth-order valence-corrected chi connectivity index (χ4v) is 3.33. The minimum atomic E-state index is -0.478. The standard InChI is InChI=1S/C22H24FNO3/c1-3-4-5-12-27-18-9-6-16(7-10-18)22(26)24-15(2)13-21(25)19-14-17(23)8-11-20(19)24/h6-11,14-15H,3-5,12-13H2,1-2H3. The zero-order valence-electron chi connectivity index (χ0n) is 15.7. The van der Waals surface area contributed by atoms with Crippen LogP contribution in [-0.2, 0) is 0 Å². The Hall–Kier alpha value is -2.69. The Kier molecular flexibility index (Phi) is 5.89. The molecule has 2 aromatic rings. The summed E-state index contributed by atoms with van der Waals surface area (Å²) in [5, 5.41) is 0. The molecule has 0 saturated heterocycles. The molecular weight excluding hydrogens is 345 g/mol. The van der Waals surface area contributed by atoms with Crippen LogP contribution in [0.2, 0.25) is 0 Å². The van der Waals surface area contributed by atoms with Crippen molar-refractivity contribution >= 4 is 17.4 Å². The second kappa shape index (κ2) is 8.33. The van der Waals surface area contributed by atoms with Crippen molar-refractivity contribution in [3.8, 4) is 5.75 Å². The maximum atomic E-state index is 13.5. The molecule has 1 heterocycles. The lowest BCUT2D eigenvalue weighted by Gasteiger charge is -2.34. The molecule has 0 aromatic heterocycles. The summed E-state index contributed by atoms with van der Waals surface area (Å²) in [6.45, 7) is 4.63. The maximum absolute atomic E-state index is 13.5. The van der Waals surface area contributed by atoms with E-state index in [1.165, 1.54) is 18.2 Å². The molecule has 4 nitrogen and oxygen atoms in total. The molecule has 5 heteroatoms. The highest BCUT2D eigenvalue weighted by atomic mass is 19.1. The summed E-state index contributed by atoms with van der Waals surface area (Å²) in [5.74, 6) is -0.0992. The predicted molar refractivity (Wildman–Crippen MR) is 103 cm³/mol. The van der Waals surface area contributed by atoms with E-state index >= 15 is 0 Å². The van der Waals surface area contributed by atoms with Crippen molar-refractivity contribution in [2.24, 2.45) is 0 Å². The van der Waals surface area contributed by atoms with E-state index in [2.05, 4.69) is 6.92 Å². The number of fused-ring (bicyclic) bond motifs is 1. The van der Waals surface area contributed by atoms with Crippen LogP contribution in [0.5, 0.6) is 5.75 Å². The highest BCUT2D eigenvalue weighted by Crippen LogP contribution is 2.32. The van der Waals surface area contributed by atoms with Gasteiger partial charge in [0.15, 0.2) is 5.78 Å². The van der Waals surface area contributed by atoms with Crippen LogP contribution < -0.4 is 9.64 Å². The second-order valence-electron chi connectivity index (χ2n) is 6.89. The highest BCUT2D eigenvalue weighted by molar-refractivity contribution is 6.13. The van der Waals surface area contributed by atoms with Gasteiger partial charge in [-0.3, -0.25) is 9.59 Å². The lowest BCUT2D eigenvalue weighted by molar-refractivity contribution is 0.0936. The number of carbonyl (C=O) groups is 2. The second-order valence-corrected chi connectivity index (χ2v) is 6.89. The molecule has 0 spiro atoms. The number of unbranched alkanes of at least 4 members (excludes halogenated alkanes) is 2. The van der Waals surface area contributed by atoms with Crippen molar-refractivity contribution in [1.29, 1.82) is 0 Å². The van der Waals surface area contributed by atoms with Crippen molar-refractivity contribution in [2.45, 2.75) is 45.6 Å². The smallest absolute Gasteiger partial charge is 0.258 e. The average Bonchev–Trinajstić information content (AvgIpc) is 2.66. The first-order chi connectivity index (χ1) is 13.0. The molecule has 0 radical (unpaired) electrons. The van der Waals surface area contributed by atoms with E-state index in [1.807, 2.05) is 6.92 Å². The van der Waals surface area contributed by atoms with Crippen LogP contribution in [0.4, 0.5) is 10.1 Å². The van der Waals surface area contributed by atoms with Crippen LogP contribution in [0, 0.1) is 5.82 Å². The SMILES string of the molecule is CCCCCOc1ccc(C(=O)N2c3ccc(F)cc3C(=O)CC2C)cc1. The van der Waals surface area contributed by atoms with Crippen LogP contribution in [0.25, 0.3) is 0 Å². The Morgan fingerprint density at radius 1 is 1.19 bits per heavy atom. The van der Waals surface area contributed by atoms with Gasteiger partial charge in [-0.25, -0.2) is 4.39 Å². The van der Waals surface area contributed by atoms with Gasteiger partial charge in [-0.15, -0.1) is 0 Å². The normalized spacial score (nSPS) is 16.2. The third-order valence-electron chi connectivity index (χ3n) is 4.78. The van der Waals surface area contributed by atoms with Crippen LogP contribution in [0.1, 0.15) is 60.2 Å². The molecule has 1 atom stereocenters. The molecule has 0 bridgehead atoms. The molecule has 0 aliphatic carbocycles. The quantitative estimate of drug-likeness (QED) is 0.672. The Morgan fingerprint density at radius 2 is 1.93 bits per heavy atom. The molecule has 1 unspecified atom stereocenters. The van der Waals surface area contributed by atoms with E-state index in [-0.39, 0.29) is 29.7 Å². The predicted octanol–water partition coefficient (Wildman–Crippen LogP) is 5.02. The highest BCUT2D eigenvalue weighted by Gasteiger charge is 2.33. The first-order valence-corrected chi connectivity index (χ1v) is 9.40. The lowest BCUT2D eigenvalue weighted by atomic mass is 9.94. The Labute approximate surface area is 158 Å². The van der Waals surface area contributed by atoms with E-state index in [0.29, 0.717) is 17.9 Å². The Balaban J connectivity index is 1.79. The molecule has 1 aliphatic heterocycles. The first kappa shape index (κ1) is 19.1. The van der Waals surface area contributed by atoms with Crippen molar-refractivity contribution in [3.63, 3.8) is 0 Å². The fraction of sp³-hybridized carbons (Fsp3) is 0.364. The lowest BCUT2D eigenvalue weighted by Crippen LogP contribution is -2.44. The number of ketones is 1. The number of ether oxygens (including phenoxy) is 1. The van der Waals surface area contributed by atoms with Crippen molar-refractivity contribution < 1.29 is 18.7 Å². The average molecular weight is 369 g/mol. The number of amides is 1. The summed E-state index contributed by atoms with van der Waals surface area (Å²) >= 11 is 0. The van der Waals surface area contributed by atoms with Crippen LogP contribution in [0.3, 0.4) is 0 Å². The number of hydrogen-bond donors (Lipinski definition) is 0. The summed E-state index contributed by atoms with van der Waals surface area (Å²) in [5.41, 5.74) is 1.23. The number of halogens is 1. The fourth-order valence-electron chi connectivity index (χ4n) is 3.33. The molecule has 0 saturated carbocycles. The van der Waals surface area contributed by atoms with Gasteiger partial charge in [0.05, 0.1) is 12.3 Å². The molecule has 1 aliphatic rings. The van der Waals surface area contributed by atoms with E-state index in [4.69, 9.17) is 4.74 Å². The minimum Gasteiger partial charge on any atom is -0.494 e. The number of benzene rings is 2. The molecule has 0 fully saturated rings. The number of carbonyl (C=O) groups excluding carboxylic acids is 2. The summed E-state index contributed by atoms with van der Waals surface area (Å²) in [7, 11) is 0. The van der Waals surface area contributed by atoms with Crippen molar-refractivity contribution in [1.82, 2.24) is 0 Å². The Bertz CT molecular complexity index is 832. The third-order valence-corrected chi connectivity index (χ3v) is 4.78. The zero-order chi connectivity index (χ0) is 19.4. The summed E-state index contributed by atoms with van der Waals surface area (Å²) in [6.07, 6.45) is 3.45. The van der Waals surface area contributed by atoms with Gasteiger partial charge in [-0.1, -0.05) is 19.8 Å².